The highest BCUT2D eigenvalue weighted by atomic mass is 35.5. The molecular weight excluding hydrogens is 394 g/mol. The zero-order chi connectivity index (χ0) is 20.3. The number of para-hydroxylation sites is 2. The van der Waals surface area contributed by atoms with Crippen LogP contribution in [-0.2, 0) is 0 Å². The van der Waals surface area contributed by atoms with E-state index in [0.717, 1.165) is 47.1 Å². The number of aromatic amines is 1. The van der Waals surface area contributed by atoms with E-state index in [1.165, 1.54) is 57.7 Å². The number of rotatable bonds is 5. The van der Waals surface area contributed by atoms with Crippen LogP contribution >= 0.6 is 11.6 Å². The van der Waals surface area contributed by atoms with E-state index in [2.05, 4.69) is 37.9 Å². The SMILES string of the molecule is Clc1ccc(N2CCCN(CCN3CCCC3)CC2)cc1-c1nc2ccccc2[nH]1. The number of hydrogen-bond donors (Lipinski definition) is 1. The molecule has 0 radical (unpaired) electrons. The quantitative estimate of drug-likeness (QED) is 0.656. The van der Waals surface area contributed by atoms with Crippen LogP contribution in [0.1, 0.15) is 19.3 Å². The average molecular weight is 424 g/mol. The third-order valence-corrected chi connectivity index (χ3v) is 6.81. The Kier molecular flexibility index (Phi) is 5.93. The van der Waals surface area contributed by atoms with Crippen molar-refractivity contribution in [3.63, 3.8) is 0 Å². The highest BCUT2D eigenvalue weighted by molar-refractivity contribution is 6.33. The molecule has 5 nitrogen and oxygen atoms in total. The van der Waals surface area contributed by atoms with Crippen molar-refractivity contribution in [3.8, 4) is 11.4 Å². The molecule has 0 atom stereocenters. The van der Waals surface area contributed by atoms with Crippen molar-refractivity contribution < 1.29 is 0 Å². The van der Waals surface area contributed by atoms with Gasteiger partial charge in [0.1, 0.15) is 5.82 Å². The van der Waals surface area contributed by atoms with E-state index >= 15 is 0 Å². The highest BCUT2D eigenvalue weighted by Crippen LogP contribution is 2.32. The first-order valence-electron chi connectivity index (χ1n) is 11.2. The van der Waals surface area contributed by atoms with Gasteiger partial charge in [-0.2, -0.15) is 0 Å². The van der Waals surface area contributed by atoms with Crippen molar-refractivity contribution >= 4 is 28.3 Å². The Hall–Kier alpha value is -2.08. The van der Waals surface area contributed by atoms with Crippen molar-refractivity contribution in [2.75, 3.05) is 57.3 Å². The van der Waals surface area contributed by atoms with Crippen molar-refractivity contribution in [1.29, 1.82) is 0 Å². The average Bonchev–Trinajstić information content (AvgIpc) is 3.38. The summed E-state index contributed by atoms with van der Waals surface area (Å²) >= 11 is 6.56. The molecule has 0 bridgehead atoms. The number of anilines is 1. The van der Waals surface area contributed by atoms with Crippen LogP contribution in [0.15, 0.2) is 42.5 Å². The summed E-state index contributed by atoms with van der Waals surface area (Å²) in [7, 11) is 0. The van der Waals surface area contributed by atoms with Crippen LogP contribution in [0.3, 0.4) is 0 Å². The molecule has 2 saturated heterocycles. The van der Waals surface area contributed by atoms with Crippen LogP contribution in [0.2, 0.25) is 5.02 Å². The van der Waals surface area contributed by atoms with Gasteiger partial charge in [-0.3, -0.25) is 0 Å². The van der Waals surface area contributed by atoms with Gasteiger partial charge < -0.3 is 19.7 Å². The van der Waals surface area contributed by atoms with Crippen LogP contribution in [0.5, 0.6) is 0 Å². The first-order chi connectivity index (χ1) is 14.8. The summed E-state index contributed by atoms with van der Waals surface area (Å²) in [5.74, 6) is 0.838. The van der Waals surface area contributed by atoms with Gasteiger partial charge in [0, 0.05) is 44.0 Å². The number of nitrogens with zero attached hydrogens (tertiary/aromatic N) is 4. The third kappa shape index (κ3) is 4.34. The van der Waals surface area contributed by atoms with Crippen LogP contribution in [0.25, 0.3) is 22.4 Å². The van der Waals surface area contributed by atoms with Gasteiger partial charge in [0.25, 0.3) is 0 Å². The monoisotopic (exact) mass is 423 g/mol. The van der Waals surface area contributed by atoms with Crippen molar-refractivity contribution in [2.24, 2.45) is 0 Å². The van der Waals surface area contributed by atoms with Crippen LogP contribution in [-0.4, -0.2) is 72.1 Å². The van der Waals surface area contributed by atoms with Crippen molar-refractivity contribution in [2.45, 2.75) is 19.3 Å². The number of benzene rings is 2. The summed E-state index contributed by atoms with van der Waals surface area (Å²) in [6, 6.07) is 14.5. The molecule has 2 aliphatic heterocycles. The lowest BCUT2D eigenvalue weighted by Gasteiger charge is -2.25. The summed E-state index contributed by atoms with van der Waals surface area (Å²) in [6.45, 7) is 9.44. The molecule has 2 fully saturated rings. The maximum Gasteiger partial charge on any atom is 0.140 e. The van der Waals surface area contributed by atoms with Crippen molar-refractivity contribution in [3.05, 3.63) is 47.5 Å². The Morgan fingerprint density at radius 2 is 1.60 bits per heavy atom. The number of halogens is 1. The van der Waals surface area contributed by atoms with E-state index in [-0.39, 0.29) is 0 Å². The fourth-order valence-electron chi connectivity index (χ4n) is 4.71. The van der Waals surface area contributed by atoms with E-state index < -0.39 is 0 Å². The molecule has 0 saturated carbocycles. The van der Waals surface area contributed by atoms with Crippen LogP contribution in [0, 0.1) is 0 Å². The van der Waals surface area contributed by atoms with Gasteiger partial charge in [-0.15, -0.1) is 0 Å². The first kappa shape index (κ1) is 19.9. The third-order valence-electron chi connectivity index (χ3n) is 6.48. The second-order valence-electron chi connectivity index (χ2n) is 8.50. The van der Waals surface area contributed by atoms with Gasteiger partial charge in [0.05, 0.1) is 16.1 Å². The summed E-state index contributed by atoms with van der Waals surface area (Å²) in [4.78, 5) is 15.9. The maximum absolute atomic E-state index is 6.56. The molecule has 0 aliphatic carbocycles. The van der Waals surface area contributed by atoms with E-state index in [4.69, 9.17) is 16.6 Å². The predicted molar refractivity (Wildman–Crippen MR) is 125 cm³/mol. The maximum atomic E-state index is 6.56. The zero-order valence-corrected chi connectivity index (χ0v) is 18.2. The zero-order valence-electron chi connectivity index (χ0n) is 17.5. The summed E-state index contributed by atoms with van der Waals surface area (Å²) in [6.07, 6.45) is 3.94. The van der Waals surface area contributed by atoms with E-state index in [0.29, 0.717) is 0 Å². The number of imidazole rings is 1. The minimum absolute atomic E-state index is 0.736. The minimum Gasteiger partial charge on any atom is -0.370 e. The number of hydrogen-bond acceptors (Lipinski definition) is 4. The number of H-pyrrole nitrogens is 1. The molecule has 2 aliphatic rings. The van der Waals surface area contributed by atoms with Gasteiger partial charge in [0.15, 0.2) is 0 Å². The van der Waals surface area contributed by atoms with Crippen LogP contribution < -0.4 is 4.90 Å². The van der Waals surface area contributed by atoms with Gasteiger partial charge in [0.2, 0.25) is 0 Å². The molecule has 0 amide bonds. The number of aromatic nitrogens is 2. The van der Waals surface area contributed by atoms with Gasteiger partial charge in [-0.25, -0.2) is 4.98 Å². The molecule has 158 valence electrons. The van der Waals surface area contributed by atoms with Gasteiger partial charge in [-0.1, -0.05) is 23.7 Å². The molecule has 5 rings (SSSR count). The minimum atomic E-state index is 0.736. The molecule has 30 heavy (non-hydrogen) atoms. The molecule has 6 heteroatoms. The van der Waals surface area contributed by atoms with Gasteiger partial charge >= 0.3 is 0 Å². The Morgan fingerprint density at radius 3 is 2.43 bits per heavy atom. The lowest BCUT2D eigenvalue weighted by molar-refractivity contribution is 0.236. The number of nitrogens with one attached hydrogen (secondary N) is 1. The first-order valence-corrected chi connectivity index (χ1v) is 11.6. The molecule has 0 unspecified atom stereocenters. The predicted octanol–water partition coefficient (Wildman–Crippen LogP) is 4.49. The van der Waals surface area contributed by atoms with E-state index in [1.54, 1.807) is 0 Å². The van der Waals surface area contributed by atoms with Gasteiger partial charge in [-0.05, 0) is 69.2 Å². The van der Waals surface area contributed by atoms with Crippen LogP contribution in [0.4, 0.5) is 5.69 Å². The molecule has 1 aromatic heterocycles. The summed E-state index contributed by atoms with van der Waals surface area (Å²) in [5.41, 5.74) is 4.21. The summed E-state index contributed by atoms with van der Waals surface area (Å²) < 4.78 is 0. The molecular formula is C24H30ClN5. The lowest BCUT2D eigenvalue weighted by atomic mass is 10.1. The molecule has 3 aromatic rings. The molecule has 1 N–H and O–H groups in total. The second-order valence-corrected chi connectivity index (χ2v) is 8.90. The molecule has 3 heterocycles. The van der Waals surface area contributed by atoms with E-state index in [9.17, 15) is 0 Å². The summed E-state index contributed by atoms with van der Waals surface area (Å²) in [5, 5.41) is 0.736. The second kappa shape index (κ2) is 8.96. The topological polar surface area (TPSA) is 38.4 Å². The standard InChI is InChI=1S/C24H30ClN5/c25-21-9-8-19(18-20(21)24-26-22-6-1-2-7-23(22)27-24)30-13-5-12-29(16-17-30)15-14-28-10-3-4-11-28/h1-2,6-9,18H,3-5,10-17H2,(H,26,27). The Labute approximate surface area is 183 Å². The number of fused-ring (bicyclic) bond motifs is 1. The molecule has 2 aromatic carbocycles. The highest BCUT2D eigenvalue weighted by Gasteiger charge is 2.19. The number of likely N-dealkylation sites (tertiary alicyclic amines) is 1. The van der Waals surface area contributed by atoms with Crippen molar-refractivity contribution in [1.82, 2.24) is 19.8 Å². The normalized spacial score (nSPS) is 18.9. The Balaban J connectivity index is 1.29. The smallest absolute Gasteiger partial charge is 0.140 e. The Morgan fingerprint density at radius 1 is 0.833 bits per heavy atom. The molecule has 0 spiro atoms. The Bertz CT molecular complexity index is 961. The largest absolute Gasteiger partial charge is 0.370 e. The lowest BCUT2D eigenvalue weighted by Crippen LogP contribution is -2.36. The fraction of sp³-hybridized carbons (Fsp3) is 0.458. The van der Waals surface area contributed by atoms with E-state index in [1.807, 2.05) is 24.3 Å². The fourth-order valence-corrected chi connectivity index (χ4v) is 4.92.